The van der Waals surface area contributed by atoms with E-state index in [1.807, 2.05) is 0 Å². The fraction of sp³-hybridized carbons (Fsp3) is 0.642. The van der Waals surface area contributed by atoms with Gasteiger partial charge in [0.05, 0.1) is 200 Å². The third-order valence-corrected chi connectivity index (χ3v) is 11.2. The summed E-state index contributed by atoms with van der Waals surface area (Å²) < 4.78 is 65.7. The highest BCUT2D eigenvalue weighted by molar-refractivity contribution is 6.21. The van der Waals surface area contributed by atoms with Crippen LogP contribution in [-0.2, 0) is 80.9 Å². The molecule has 0 radical (unpaired) electrons. The number of amides is 7. The number of hydrogen-bond donors (Lipinski definition) is 3. The molecular weight excluding hydrogens is 1060 g/mol. The quantitative estimate of drug-likeness (QED) is 0.0572. The molecule has 2 heterocycles. The SMILES string of the molecule is NCCOCCOCCOCCOCCC(=O)N(CCNC(=O)CCOCCOCCOCCOCCON1C(=O)c2ccccc2C1=O)CCNC(=O)CCOCCOCCOCCOCCON1C(=O)c2ccccc2C1=O. The molecule has 448 valence electrons. The number of carbonyl (C=O) groups is 7. The molecule has 2 aromatic carbocycles. The minimum absolute atomic E-state index is 0.0216. The third-order valence-electron chi connectivity index (χ3n) is 11.2. The van der Waals surface area contributed by atoms with Crippen molar-refractivity contribution in [1.29, 1.82) is 0 Å². The fourth-order valence-corrected chi connectivity index (χ4v) is 7.16. The largest absolute Gasteiger partial charge is 0.379 e. The van der Waals surface area contributed by atoms with E-state index in [2.05, 4.69) is 10.6 Å². The molecule has 80 heavy (non-hydrogen) atoms. The number of rotatable bonds is 52. The summed E-state index contributed by atoms with van der Waals surface area (Å²) in [5.41, 5.74) is 6.61. The summed E-state index contributed by atoms with van der Waals surface area (Å²) in [5.74, 6) is -2.71. The Morgan fingerprint density at radius 1 is 0.362 bits per heavy atom. The molecule has 7 amide bonds. The normalized spacial score (nSPS) is 12.9. The molecule has 0 saturated carbocycles. The van der Waals surface area contributed by atoms with E-state index < -0.39 is 23.6 Å². The van der Waals surface area contributed by atoms with Gasteiger partial charge in [-0.2, -0.15) is 0 Å². The van der Waals surface area contributed by atoms with Gasteiger partial charge in [0.2, 0.25) is 17.7 Å². The Morgan fingerprint density at radius 2 is 0.613 bits per heavy atom. The standard InChI is InChI=1S/C53H80N6O21/c54-12-20-70-24-28-74-32-29-73-27-23-69-19-11-49(62)57(15-13-55-47(60)9-17-67-21-25-71-30-33-75-35-37-77-39-41-79-58-50(63)43-5-1-2-6-44(43)51(58)64)16-14-56-48(61)10-18-68-22-26-72-31-34-76-36-38-78-40-42-80-59-52(65)45-7-3-4-8-46(45)53(59)66/h1-8H,9-42,54H2,(H,55,60)(H,56,61). The van der Waals surface area contributed by atoms with E-state index in [1.54, 1.807) is 53.4 Å². The molecule has 0 spiro atoms. The van der Waals surface area contributed by atoms with Crippen molar-refractivity contribution in [3.05, 3.63) is 70.8 Å². The van der Waals surface area contributed by atoms with Gasteiger partial charge in [0.25, 0.3) is 23.6 Å². The van der Waals surface area contributed by atoms with Gasteiger partial charge < -0.3 is 78.1 Å². The second-order valence-electron chi connectivity index (χ2n) is 17.0. The van der Waals surface area contributed by atoms with Gasteiger partial charge in [0, 0.05) is 45.6 Å². The first-order chi connectivity index (χ1) is 39.2. The van der Waals surface area contributed by atoms with Crippen molar-refractivity contribution in [2.75, 3.05) is 205 Å². The molecule has 27 nitrogen and oxygen atoms in total. The fourth-order valence-electron chi connectivity index (χ4n) is 7.16. The second-order valence-corrected chi connectivity index (χ2v) is 17.0. The van der Waals surface area contributed by atoms with Crippen LogP contribution < -0.4 is 16.4 Å². The monoisotopic (exact) mass is 1140 g/mol. The zero-order valence-corrected chi connectivity index (χ0v) is 45.7. The highest BCUT2D eigenvalue weighted by Crippen LogP contribution is 2.23. The van der Waals surface area contributed by atoms with Crippen molar-refractivity contribution in [2.24, 2.45) is 5.73 Å². The topological polar surface area (TPSA) is 309 Å². The summed E-state index contributed by atoms with van der Waals surface area (Å²) in [6, 6.07) is 13.0. The van der Waals surface area contributed by atoms with Crippen LogP contribution in [0.3, 0.4) is 0 Å². The van der Waals surface area contributed by atoms with Gasteiger partial charge in [-0.05, 0) is 24.3 Å². The molecule has 2 aromatic rings. The number of carbonyl (C=O) groups excluding carboxylic acids is 7. The van der Waals surface area contributed by atoms with Crippen molar-refractivity contribution in [2.45, 2.75) is 19.3 Å². The molecule has 0 unspecified atom stereocenters. The Morgan fingerprint density at radius 3 is 0.900 bits per heavy atom. The summed E-state index contributed by atoms with van der Waals surface area (Å²) in [4.78, 5) is 99.8. The highest BCUT2D eigenvalue weighted by atomic mass is 16.7. The molecule has 0 aromatic heterocycles. The zero-order valence-electron chi connectivity index (χ0n) is 45.7. The van der Waals surface area contributed by atoms with Crippen LogP contribution in [0.15, 0.2) is 48.5 Å². The molecule has 0 bridgehead atoms. The maximum atomic E-state index is 13.2. The number of imide groups is 2. The van der Waals surface area contributed by atoms with E-state index in [9.17, 15) is 33.6 Å². The number of hydroxylamine groups is 4. The molecular formula is C53H80N6O21. The summed E-state index contributed by atoms with van der Waals surface area (Å²) in [7, 11) is 0. The predicted molar refractivity (Wildman–Crippen MR) is 281 cm³/mol. The second kappa shape index (κ2) is 43.3. The maximum absolute atomic E-state index is 13.2. The van der Waals surface area contributed by atoms with Gasteiger partial charge >= 0.3 is 0 Å². The lowest BCUT2D eigenvalue weighted by atomic mass is 10.1. The van der Waals surface area contributed by atoms with Crippen LogP contribution in [0.4, 0.5) is 0 Å². The van der Waals surface area contributed by atoms with Gasteiger partial charge in [-0.3, -0.25) is 43.2 Å². The lowest BCUT2D eigenvalue weighted by molar-refractivity contribution is -0.133. The van der Waals surface area contributed by atoms with Gasteiger partial charge in [0.15, 0.2) is 0 Å². The van der Waals surface area contributed by atoms with Crippen LogP contribution in [0.2, 0.25) is 0 Å². The first kappa shape index (κ1) is 67.0. The van der Waals surface area contributed by atoms with Gasteiger partial charge in [0.1, 0.15) is 0 Å². The van der Waals surface area contributed by atoms with Crippen LogP contribution >= 0.6 is 0 Å². The van der Waals surface area contributed by atoms with Crippen LogP contribution in [0.25, 0.3) is 0 Å². The lowest BCUT2D eigenvalue weighted by Gasteiger charge is -2.23. The molecule has 0 atom stereocenters. The molecule has 0 saturated heterocycles. The average Bonchev–Trinajstić information content (AvgIpc) is 3.86. The molecule has 2 aliphatic rings. The number of nitrogens with one attached hydrogen (secondary N) is 2. The molecule has 0 aliphatic carbocycles. The number of nitrogens with zero attached hydrogens (tertiary/aromatic N) is 3. The Kier molecular flexibility index (Phi) is 36.3. The molecule has 2 aliphatic heterocycles. The van der Waals surface area contributed by atoms with E-state index in [0.29, 0.717) is 121 Å². The number of nitrogens with two attached hydrogens (primary N) is 1. The van der Waals surface area contributed by atoms with E-state index in [1.165, 1.54) is 0 Å². The lowest BCUT2D eigenvalue weighted by Crippen LogP contribution is -2.43. The summed E-state index contributed by atoms with van der Waals surface area (Å²) >= 11 is 0. The summed E-state index contributed by atoms with van der Waals surface area (Å²) in [5, 5.41) is 7.11. The predicted octanol–water partition coefficient (Wildman–Crippen LogP) is -0.169. The van der Waals surface area contributed by atoms with Crippen molar-refractivity contribution < 1.29 is 100 Å². The van der Waals surface area contributed by atoms with E-state index in [4.69, 9.17) is 72.3 Å². The van der Waals surface area contributed by atoms with E-state index in [-0.39, 0.29) is 142 Å². The molecule has 27 heteroatoms. The number of benzene rings is 2. The first-order valence-corrected chi connectivity index (χ1v) is 26.9. The van der Waals surface area contributed by atoms with Crippen molar-refractivity contribution in [1.82, 2.24) is 25.7 Å². The van der Waals surface area contributed by atoms with E-state index in [0.717, 1.165) is 10.1 Å². The van der Waals surface area contributed by atoms with Crippen molar-refractivity contribution in [3.8, 4) is 0 Å². The Hall–Kier alpha value is -5.47. The van der Waals surface area contributed by atoms with Crippen LogP contribution in [-0.4, -0.2) is 261 Å². The van der Waals surface area contributed by atoms with Crippen LogP contribution in [0, 0.1) is 0 Å². The highest BCUT2D eigenvalue weighted by Gasteiger charge is 2.37. The Bertz CT molecular complexity index is 1910. The zero-order chi connectivity index (χ0) is 57.1. The summed E-state index contributed by atoms with van der Waals surface area (Å²) in [6.07, 6.45) is 0.294. The smallest absolute Gasteiger partial charge is 0.285 e. The van der Waals surface area contributed by atoms with Gasteiger partial charge in [-0.25, -0.2) is 0 Å². The van der Waals surface area contributed by atoms with Crippen molar-refractivity contribution in [3.63, 3.8) is 0 Å². The number of ether oxygens (including phenoxy) is 12. The first-order valence-electron chi connectivity index (χ1n) is 26.9. The number of hydrogen-bond acceptors (Lipinski definition) is 22. The minimum Gasteiger partial charge on any atom is -0.379 e. The van der Waals surface area contributed by atoms with E-state index >= 15 is 0 Å². The molecule has 4 N–H and O–H groups in total. The van der Waals surface area contributed by atoms with Crippen molar-refractivity contribution >= 4 is 41.4 Å². The molecule has 4 rings (SSSR count). The molecule has 0 fully saturated rings. The van der Waals surface area contributed by atoms with Gasteiger partial charge in [-0.15, -0.1) is 10.1 Å². The maximum Gasteiger partial charge on any atom is 0.285 e. The summed E-state index contributed by atoms with van der Waals surface area (Å²) in [6.45, 7) is 8.55. The van der Waals surface area contributed by atoms with Crippen LogP contribution in [0.1, 0.15) is 60.7 Å². The Labute approximate surface area is 466 Å². The van der Waals surface area contributed by atoms with Gasteiger partial charge in [-0.1, -0.05) is 24.3 Å². The number of fused-ring (bicyclic) bond motifs is 2. The minimum atomic E-state index is -0.499. The third kappa shape index (κ3) is 27.8. The Balaban J connectivity index is 0.958. The average molecular weight is 1140 g/mol. The van der Waals surface area contributed by atoms with Crippen LogP contribution in [0.5, 0.6) is 0 Å².